The van der Waals surface area contributed by atoms with Gasteiger partial charge in [-0.15, -0.1) is 11.8 Å². The Labute approximate surface area is 179 Å². The molecule has 1 N–H and O–H groups in total. The van der Waals surface area contributed by atoms with Crippen molar-refractivity contribution < 1.29 is 36.6 Å². The van der Waals surface area contributed by atoms with Gasteiger partial charge < -0.3 is 14.3 Å². The number of carbonyl (C=O) groups is 1. The number of benzene rings is 2. The maximum atomic E-state index is 13.8. The van der Waals surface area contributed by atoms with Crippen LogP contribution in [0.1, 0.15) is 22.6 Å². The smallest absolute Gasteiger partial charge is 0.419 e. The van der Waals surface area contributed by atoms with E-state index in [1.54, 1.807) is 26.0 Å². The highest BCUT2D eigenvalue weighted by atomic mass is 32.2. The molecular formula is C21H17F4NO4S. The third-order valence-electron chi connectivity index (χ3n) is 4.29. The van der Waals surface area contributed by atoms with Gasteiger partial charge in [0.05, 0.1) is 17.0 Å². The maximum absolute atomic E-state index is 13.8. The van der Waals surface area contributed by atoms with E-state index in [1.165, 1.54) is 11.8 Å². The van der Waals surface area contributed by atoms with Gasteiger partial charge in [0.25, 0.3) is 0 Å². The summed E-state index contributed by atoms with van der Waals surface area (Å²) in [6.07, 6.45) is -4.78. The van der Waals surface area contributed by atoms with Crippen molar-refractivity contribution in [1.29, 1.82) is 0 Å². The second-order valence-electron chi connectivity index (χ2n) is 6.62. The Bertz CT molecular complexity index is 1110. The SMILES string of the molecule is Cc1ccc(SCc2oc(-c3ccc(C(F)(F)F)c(F)c3)nc2C)cc1OCC(=O)O. The van der Waals surface area contributed by atoms with Crippen LogP contribution in [0.25, 0.3) is 11.5 Å². The van der Waals surface area contributed by atoms with Crippen molar-refractivity contribution in [2.24, 2.45) is 0 Å². The van der Waals surface area contributed by atoms with E-state index in [9.17, 15) is 22.4 Å². The number of halogens is 4. The second kappa shape index (κ2) is 9.01. The molecule has 1 heterocycles. The minimum Gasteiger partial charge on any atom is -0.482 e. The number of aliphatic carboxylic acids is 1. The fourth-order valence-corrected chi connectivity index (χ4v) is 3.60. The van der Waals surface area contributed by atoms with Gasteiger partial charge >= 0.3 is 12.1 Å². The van der Waals surface area contributed by atoms with Crippen LogP contribution < -0.4 is 4.74 Å². The number of hydrogen-bond donors (Lipinski definition) is 1. The van der Waals surface area contributed by atoms with E-state index in [0.717, 1.165) is 22.6 Å². The van der Waals surface area contributed by atoms with Crippen molar-refractivity contribution in [2.75, 3.05) is 6.61 Å². The van der Waals surface area contributed by atoms with E-state index in [2.05, 4.69) is 4.98 Å². The Balaban J connectivity index is 1.75. The number of carboxylic acid groups (broad SMARTS) is 1. The molecule has 5 nitrogen and oxygen atoms in total. The van der Waals surface area contributed by atoms with Crippen molar-refractivity contribution in [3.63, 3.8) is 0 Å². The number of alkyl halides is 3. The van der Waals surface area contributed by atoms with Gasteiger partial charge in [-0.05, 0) is 49.7 Å². The van der Waals surface area contributed by atoms with Gasteiger partial charge in [-0.1, -0.05) is 6.07 Å². The van der Waals surface area contributed by atoms with Crippen LogP contribution in [0, 0.1) is 19.7 Å². The molecule has 3 aromatic rings. The summed E-state index contributed by atoms with van der Waals surface area (Å²) >= 11 is 1.38. The number of hydrogen-bond acceptors (Lipinski definition) is 5. The summed E-state index contributed by atoms with van der Waals surface area (Å²) in [5.74, 6) is -1.18. The molecule has 0 saturated heterocycles. The topological polar surface area (TPSA) is 72.6 Å². The van der Waals surface area contributed by atoms with E-state index in [-0.39, 0.29) is 11.5 Å². The zero-order valence-electron chi connectivity index (χ0n) is 16.4. The highest BCUT2D eigenvalue weighted by molar-refractivity contribution is 7.98. The molecule has 164 valence electrons. The van der Waals surface area contributed by atoms with Gasteiger partial charge in [-0.2, -0.15) is 13.2 Å². The van der Waals surface area contributed by atoms with Gasteiger partial charge in [-0.25, -0.2) is 14.2 Å². The van der Waals surface area contributed by atoms with Crippen LogP contribution in [-0.2, 0) is 16.7 Å². The molecule has 3 rings (SSSR count). The fraction of sp³-hybridized carbons (Fsp3) is 0.238. The lowest BCUT2D eigenvalue weighted by molar-refractivity contribution is -0.140. The molecule has 0 fully saturated rings. The first-order valence-electron chi connectivity index (χ1n) is 8.96. The van der Waals surface area contributed by atoms with Gasteiger partial charge in [0.2, 0.25) is 5.89 Å². The van der Waals surface area contributed by atoms with Crippen LogP contribution in [0.5, 0.6) is 5.75 Å². The molecule has 0 aliphatic carbocycles. The summed E-state index contributed by atoms with van der Waals surface area (Å²) < 4.78 is 63.0. The third kappa shape index (κ3) is 5.57. The van der Waals surface area contributed by atoms with Crippen LogP contribution >= 0.6 is 11.8 Å². The zero-order valence-corrected chi connectivity index (χ0v) is 17.2. The van der Waals surface area contributed by atoms with Gasteiger partial charge in [-0.3, -0.25) is 0 Å². The minimum atomic E-state index is -4.78. The molecule has 0 amide bonds. The molecule has 10 heteroatoms. The molecule has 0 saturated carbocycles. The predicted molar refractivity (Wildman–Crippen MR) is 106 cm³/mol. The highest BCUT2D eigenvalue weighted by Crippen LogP contribution is 2.35. The van der Waals surface area contributed by atoms with Crippen LogP contribution in [-0.4, -0.2) is 22.7 Å². The monoisotopic (exact) mass is 455 g/mol. The standard InChI is InChI=1S/C21H17F4NO4S/c1-11-3-5-14(8-17(11)29-9-19(27)28)31-10-18-12(2)26-20(30-18)13-4-6-15(16(22)7-13)21(23,24)25/h3-8H,9-10H2,1-2H3,(H,27,28). The van der Waals surface area contributed by atoms with Crippen molar-refractivity contribution >= 4 is 17.7 Å². The molecule has 1 aromatic heterocycles. The normalized spacial score (nSPS) is 11.5. The summed E-state index contributed by atoms with van der Waals surface area (Å²) in [7, 11) is 0. The first kappa shape index (κ1) is 22.7. The lowest BCUT2D eigenvalue weighted by Gasteiger charge is -2.09. The van der Waals surface area contributed by atoms with Crippen molar-refractivity contribution in [3.8, 4) is 17.2 Å². The number of thioether (sulfide) groups is 1. The average Bonchev–Trinajstić information content (AvgIpc) is 3.06. The van der Waals surface area contributed by atoms with E-state index in [4.69, 9.17) is 14.3 Å². The third-order valence-corrected chi connectivity index (χ3v) is 5.29. The molecule has 0 unspecified atom stereocenters. The molecule has 0 aliphatic rings. The quantitative estimate of drug-likeness (QED) is 0.355. The number of ether oxygens (including phenoxy) is 1. The van der Waals surface area contributed by atoms with Crippen molar-refractivity contribution in [1.82, 2.24) is 4.98 Å². The summed E-state index contributed by atoms with van der Waals surface area (Å²) in [6, 6.07) is 7.86. The zero-order chi connectivity index (χ0) is 22.8. The van der Waals surface area contributed by atoms with Crippen molar-refractivity contribution in [3.05, 3.63) is 64.8 Å². The first-order chi connectivity index (χ1) is 14.5. The first-order valence-corrected chi connectivity index (χ1v) is 9.94. The molecule has 2 aromatic carbocycles. The average molecular weight is 455 g/mol. The molecule has 31 heavy (non-hydrogen) atoms. The molecular weight excluding hydrogens is 438 g/mol. The molecule has 0 atom stereocenters. The number of rotatable bonds is 7. The van der Waals surface area contributed by atoms with E-state index < -0.39 is 30.1 Å². The van der Waals surface area contributed by atoms with Gasteiger partial charge in [0.1, 0.15) is 17.3 Å². The highest BCUT2D eigenvalue weighted by Gasteiger charge is 2.34. The maximum Gasteiger partial charge on any atom is 0.419 e. The van der Waals surface area contributed by atoms with Crippen molar-refractivity contribution in [2.45, 2.75) is 30.7 Å². The number of carboxylic acids is 1. The van der Waals surface area contributed by atoms with Gasteiger partial charge in [0.15, 0.2) is 6.61 Å². The Morgan fingerprint density at radius 3 is 2.58 bits per heavy atom. The fourth-order valence-electron chi connectivity index (χ4n) is 2.68. The Morgan fingerprint density at radius 1 is 1.19 bits per heavy atom. The summed E-state index contributed by atoms with van der Waals surface area (Å²) in [5, 5.41) is 8.76. The lowest BCUT2D eigenvalue weighted by Crippen LogP contribution is -2.10. The van der Waals surface area contributed by atoms with Crippen LogP contribution in [0.3, 0.4) is 0 Å². The van der Waals surface area contributed by atoms with Crippen LogP contribution in [0.2, 0.25) is 0 Å². The molecule has 0 bridgehead atoms. The lowest BCUT2D eigenvalue weighted by atomic mass is 10.1. The Kier molecular flexibility index (Phi) is 6.59. The largest absolute Gasteiger partial charge is 0.482 e. The van der Waals surface area contributed by atoms with Crippen LogP contribution in [0.15, 0.2) is 45.7 Å². The summed E-state index contributed by atoms with van der Waals surface area (Å²) in [5.41, 5.74) is 0.0606. The van der Waals surface area contributed by atoms with Gasteiger partial charge in [0, 0.05) is 10.5 Å². The predicted octanol–water partition coefficient (Wildman–Crippen LogP) is 5.87. The Hall–Kier alpha value is -3.01. The minimum absolute atomic E-state index is 0.0233. The molecule has 0 aliphatic heterocycles. The second-order valence-corrected chi connectivity index (χ2v) is 7.67. The van der Waals surface area contributed by atoms with E-state index in [1.807, 2.05) is 6.07 Å². The number of nitrogens with zero attached hydrogens (tertiary/aromatic N) is 1. The molecule has 0 spiro atoms. The van der Waals surface area contributed by atoms with Crippen LogP contribution in [0.4, 0.5) is 17.6 Å². The molecule has 0 radical (unpaired) electrons. The number of aromatic nitrogens is 1. The van der Waals surface area contributed by atoms with E-state index in [0.29, 0.717) is 29.0 Å². The number of aryl methyl sites for hydroxylation is 2. The summed E-state index contributed by atoms with van der Waals surface area (Å²) in [6.45, 7) is 3.02. The number of oxazole rings is 1. The Morgan fingerprint density at radius 2 is 1.94 bits per heavy atom. The van der Waals surface area contributed by atoms with E-state index >= 15 is 0 Å². The summed E-state index contributed by atoms with van der Waals surface area (Å²) in [4.78, 5) is 15.7.